The van der Waals surface area contributed by atoms with Gasteiger partial charge < -0.3 is 20.3 Å². The van der Waals surface area contributed by atoms with Crippen LogP contribution in [0, 0.1) is 0 Å². The Morgan fingerprint density at radius 2 is 2.05 bits per heavy atom. The number of anilines is 1. The van der Waals surface area contributed by atoms with E-state index < -0.39 is 16.0 Å². The van der Waals surface area contributed by atoms with Gasteiger partial charge >= 0.3 is 5.97 Å². The summed E-state index contributed by atoms with van der Waals surface area (Å²) in [5.74, 6) is -1.22. The molecule has 4 N–H and O–H groups in total. The van der Waals surface area contributed by atoms with Gasteiger partial charge in [0.25, 0.3) is 0 Å². The highest BCUT2D eigenvalue weighted by molar-refractivity contribution is 7.89. The average molecular weight is 318 g/mol. The van der Waals surface area contributed by atoms with Gasteiger partial charge in [-0.15, -0.1) is 0 Å². The highest BCUT2D eigenvalue weighted by atomic mass is 32.2. The third-order valence-electron chi connectivity index (χ3n) is 2.54. The second kappa shape index (κ2) is 7.93. The van der Waals surface area contributed by atoms with Crippen LogP contribution in [0.2, 0.25) is 0 Å². The number of carbonyl (C=O) groups is 1. The summed E-state index contributed by atoms with van der Waals surface area (Å²) in [5.41, 5.74) is 0.0793. The molecule has 0 fully saturated rings. The topological polar surface area (TPSA) is 125 Å². The second-order valence-electron chi connectivity index (χ2n) is 4.06. The van der Waals surface area contributed by atoms with E-state index in [-0.39, 0.29) is 42.4 Å². The predicted octanol–water partition coefficient (Wildman–Crippen LogP) is -0.286. The van der Waals surface area contributed by atoms with Crippen LogP contribution in [0.25, 0.3) is 0 Å². The summed E-state index contributed by atoms with van der Waals surface area (Å²) in [5, 5.41) is 20.5. The summed E-state index contributed by atoms with van der Waals surface area (Å²) in [6.07, 6.45) is 0. The minimum atomic E-state index is -3.89. The molecular weight excluding hydrogens is 300 g/mol. The number of ether oxygens (including phenoxy) is 1. The molecule has 0 amide bonds. The quantitative estimate of drug-likeness (QED) is 0.461. The summed E-state index contributed by atoms with van der Waals surface area (Å²) in [6.45, 7) is 0.219. The number of benzene rings is 1. The zero-order chi connectivity index (χ0) is 15.9. The molecule has 0 saturated heterocycles. The molecule has 1 aromatic rings. The number of aliphatic hydroxyl groups is 1. The van der Waals surface area contributed by atoms with Crippen LogP contribution in [0.5, 0.6) is 0 Å². The fourth-order valence-electron chi connectivity index (χ4n) is 1.57. The van der Waals surface area contributed by atoms with Gasteiger partial charge in [-0.1, -0.05) is 0 Å². The molecule has 0 aliphatic carbocycles. The molecular formula is C12H18N2O6S. The van der Waals surface area contributed by atoms with Crippen molar-refractivity contribution in [3.05, 3.63) is 23.8 Å². The first-order valence-electron chi connectivity index (χ1n) is 6.13. The van der Waals surface area contributed by atoms with E-state index in [2.05, 4.69) is 10.0 Å². The zero-order valence-corrected chi connectivity index (χ0v) is 12.3. The molecule has 0 heterocycles. The lowest BCUT2D eigenvalue weighted by Gasteiger charge is -2.13. The molecule has 0 spiro atoms. The number of hydrogen-bond donors (Lipinski definition) is 4. The van der Waals surface area contributed by atoms with Crippen molar-refractivity contribution in [2.75, 3.05) is 38.7 Å². The molecule has 9 heteroatoms. The lowest BCUT2D eigenvalue weighted by molar-refractivity contribution is 0.0696. The fourth-order valence-corrected chi connectivity index (χ4v) is 2.79. The van der Waals surface area contributed by atoms with Gasteiger partial charge in [0.05, 0.1) is 24.5 Å². The van der Waals surface area contributed by atoms with E-state index in [4.69, 9.17) is 14.9 Å². The third-order valence-corrected chi connectivity index (χ3v) is 4.04. The Morgan fingerprint density at radius 1 is 1.33 bits per heavy atom. The number of nitrogens with one attached hydrogen (secondary N) is 2. The fraction of sp³-hybridized carbons (Fsp3) is 0.417. The standard InChI is InChI=1S/C12H18N2O6S/c1-20-7-5-14-21(18,19)11-8-9(12(16)17)2-3-10(11)13-4-6-15/h2-3,8,13-15H,4-7H2,1H3,(H,16,17). The maximum absolute atomic E-state index is 12.2. The number of methoxy groups -OCH3 is 1. The number of aromatic carboxylic acids is 1. The van der Waals surface area contributed by atoms with Gasteiger partial charge in [0, 0.05) is 20.2 Å². The van der Waals surface area contributed by atoms with E-state index in [1.165, 1.54) is 19.2 Å². The van der Waals surface area contributed by atoms with Gasteiger partial charge in [-0.05, 0) is 18.2 Å². The summed E-state index contributed by atoms with van der Waals surface area (Å²) in [7, 11) is -2.45. The van der Waals surface area contributed by atoms with Gasteiger partial charge in [-0.3, -0.25) is 0 Å². The van der Waals surface area contributed by atoms with Crippen LogP contribution in [0.4, 0.5) is 5.69 Å². The molecule has 0 atom stereocenters. The van der Waals surface area contributed by atoms with Gasteiger partial charge in [-0.25, -0.2) is 17.9 Å². The van der Waals surface area contributed by atoms with Crippen LogP contribution in [0.3, 0.4) is 0 Å². The maximum atomic E-state index is 12.2. The number of aliphatic hydroxyl groups excluding tert-OH is 1. The van der Waals surface area contributed by atoms with Crippen LogP contribution in [-0.2, 0) is 14.8 Å². The lowest BCUT2D eigenvalue weighted by atomic mass is 10.2. The molecule has 0 aliphatic rings. The first-order chi connectivity index (χ1) is 9.92. The minimum absolute atomic E-state index is 0.0651. The number of carboxylic acid groups (broad SMARTS) is 1. The van der Waals surface area contributed by atoms with E-state index >= 15 is 0 Å². The van der Waals surface area contributed by atoms with Crippen LogP contribution in [0.15, 0.2) is 23.1 Å². The number of rotatable bonds is 9. The molecule has 21 heavy (non-hydrogen) atoms. The molecule has 118 valence electrons. The van der Waals surface area contributed by atoms with Gasteiger partial charge in [0.1, 0.15) is 4.90 Å². The molecule has 0 aliphatic heterocycles. The first kappa shape index (κ1) is 17.4. The summed E-state index contributed by atoms with van der Waals surface area (Å²) >= 11 is 0. The molecule has 0 unspecified atom stereocenters. The SMILES string of the molecule is COCCNS(=O)(=O)c1cc(C(=O)O)ccc1NCCO. The van der Waals surface area contributed by atoms with Crippen molar-refractivity contribution in [2.45, 2.75) is 4.90 Å². The highest BCUT2D eigenvalue weighted by Gasteiger charge is 2.20. The predicted molar refractivity (Wildman–Crippen MR) is 76.0 cm³/mol. The second-order valence-corrected chi connectivity index (χ2v) is 5.79. The van der Waals surface area contributed by atoms with E-state index in [0.29, 0.717) is 0 Å². The summed E-state index contributed by atoms with van der Waals surface area (Å²) in [6, 6.07) is 3.71. The molecule has 1 aromatic carbocycles. The zero-order valence-electron chi connectivity index (χ0n) is 11.5. The molecule has 0 saturated carbocycles. The van der Waals surface area contributed by atoms with Crippen LogP contribution in [0.1, 0.15) is 10.4 Å². The Hall–Kier alpha value is -1.68. The Balaban J connectivity index is 3.14. The van der Waals surface area contributed by atoms with Gasteiger partial charge in [0.15, 0.2) is 0 Å². The van der Waals surface area contributed by atoms with Gasteiger partial charge in [0.2, 0.25) is 10.0 Å². The monoisotopic (exact) mass is 318 g/mol. The largest absolute Gasteiger partial charge is 0.478 e. The van der Waals surface area contributed by atoms with Crippen molar-refractivity contribution in [3.8, 4) is 0 Å². The van der Waals surface area contributed by atoms with Crippen molar-refractivity contribution < 1.29 is 28.2 Å². The Bertz CT molecular complexity index is 587. The van der Waals surface area contributed by atoms with Crippen LogP contribution in [-0.4, -0.2) is 58.0 Å². The molecule has 1 rings (SSSR count). The van der Waals surface area contributed by atoms with Crippen molar-refractivity contribution in [3.63, 3.8) is 0 Å². The normalized spacial score (nSPS) is 11.3. The number of hydrogen-bond acceptors (Lipinski definition) is 6. The molecule has 0 bridgehead atoms. The van der Waals surface area contributed by atoms with E-state index in [1.54, 1.807) is 0 Å². The van der Waals surface area contributed by atoms with Crippen LogP contribution < -0.4 is 10.0 Å². The third kappa shape index (κ3) is 4.97. The summed E-state index contributed by atoms with van der Waals surface area (Å²) in [4.78, 5) is 10.8. The Labute approximate surface area is 122 Å². The molecule has 0 radical (unpaired) electrons. The Kier molecular flexibility index (Phi) is 6.56. The molecule has 0 aromatic heterocycles. The van der Waals surface area contributed by atoms with E-state index in [1.807, 2.05) is 0 Å². The van der Waals surface area contributed by atoms with E-state index in [9.17, 15) is 13.2 Å². The van der Waals surface area contributed by atoms with Crippen LogP contribution >= 0.6 is 0 Å². The lowest BCUT2D eigenvalue weighted by Crippen LogP contribution is -2.28. The first-order valence-corrected chi connectivity index (χ1v) is 7.61. The van der Waals surface area contributed by atoms with Crippen molar-refractivity contribution >= 4 is 21.7 Å². The maximum Gasteiger partial charge on any atom is 0.335 e. The molecule has 8 nitrogen and oxygen atoms in total. The average Bonchev–Trinajstić information content (AvgIpc) is 2.45. The number of sulfonamides is 1. The highest BCUT2D eigenvalue weighted by Crippen LogP contribution is 2.22. The number of carboxylic acids is 1. The van der Waals surface area contributed by atoms with Crippen molar-refractivity contribution in [1.29, 1.82) is 0 Å². The van der Waals surface area contributed by atoms with Crippen molar-refractivity contribution in [1.82, 2.24) is 4.72 Å². The minimum Gasteiger partial charge on any atom is -0.478 e. The Morgan fingerprint density at radius 3 is 2.62 bits per heavy atom. The summed E-state index contributed by atoms with van der Waals surface area (Å²) < 4.78 is 31.5. The van der Waals surface area contributed by atoms with Crippen molar-refractivity contribution in [2.24, 2.45) is 0 Å². The van der Waals surface area contributed by atoms with Gasteiger partial charge in [-0.2, -0.15) is 0 Å². The smallest absolute Gasteiger partial charge is 0.335 e. The van der Waals surface area contributed by atoms with E-state index in [0.717, 1.165) is 6.07 Å².